The molecule has 23 heavy (non-hydrogen) atoms. The molecule has 0 aliphatic rings. The molecule has 0 radical (unpaired) electrons. The van der Waals surface area contributed by atoms with E-state index in [-0.39, 0.29) is 12.6 Å². The highest BCUT2D eigenvalue weighted by molar-refractivity contribution is 5.51. The van der Waals surface area contributed by atoms with Gasteiger partial charge in [0.05, 0.1) is 24.3 Å². The van der Waals surface area contributed by atoms with Crippen LogP contribution in [0.2, 0.25) is 0 Å². The lowest BCUT2D eigenvalue weighted by Gasteiger charge is -2.11. The van der Waals surface area contributed by atoms with Crippen molar-refractivity contribution < 1.29 is 4.74 Å². The van der Waals surface area contributed by atoms with Crippen LogP contribution in [0.3, 0.4) is 0 Å². The van der Waals surface area contributed by atoms with Crippen molar-refractivity contribution in [3.63, 3.8) is 0 Å². The fourth-order valence-corrected chi connectivity index (χ4v) is 2.02. The molecule has 0 atom stereocenters. The standard InChI is InChI=1S/C15H17N7O/c1-2-3-4-18-14-12(7-19-15(16)21-14)23-10-11-9-22-6-5-17-8-13(22)20-11/h7-9H,2-4,10H2,1H3,(H3,16,18,19,21). The van der Waals surface area contributed by atoms with Crippen LogP contribution in [-0.2, 0) is 6.61 Å². The molecule has 3 aromatic rings. The van der Waals surface area contributed by atoms with Gasteiger partial charge in [0.1, 0.15) is 6.61 Å². The molecular weight excluding hydrogens is 294 g/mol. The number of nitrogen functional groups attached to an aromatic ring is 1. The van der Waals surface area contributed by atoms with Crippen molar-refractivity contribution in [1.82, 2.24) is 24.3 Å². The van der Waals surface area contributed by atoms with Crippen molar-refractivity contribution in [1.29, 1.82) is 0 Å². The minimum absolute atomic E-state index is 0.209. The summed E-state index contributed by atoms with van der Waals surface area (Å²) in [5, 5.41) is 3.21. The molecular formula is C15H17N7O. The predicted octanol–water partition coefficient (Wildman–Crippen LogP) is 1.49. The Kier molecular flexibility index (Phi) is 4.38. The van der Waals surface area contributed by atoms with Gasteiger partial charge in [-0.2, -0.15) is 4.98 Å². The summed E-state index contributed by atoms with van der Waals surface area (Å²) in [6, 6.07) is 0. The Morgan fingerprint density at radius 3 is 3.09 bits per heavy atom. The van der Waals surface area contributed by atoms with E-state index < -0.39 is 0 Å². The second-order valence-corrected chi connectivity index (χ2v) is 4.95. The molecule has 0 unspecified atom stereocenters. The Morgan fingerprint density at radius 2 is 2.26 bits per heavy atom. The molecule has 0 amide bonds. The van der Waals surface area contributed by atoms with Crippen LogP contribution in [0.15, 0.2) is 18.6 Å². The number of nitrogens with two attached hydrogens (primary N) is 1. The molecule has 0 aliphatic carbocycles. The number of unbranched alkanes of at least 4 members (excludes halogenated alkanes) is 1. The van der Waals surface area contributed by atoms with Crippen molar-refractivity contribution in [2.45, 2.75) is 26.4 Å². The first-order valence-corrected chi connectivity index (χ1v) is 7.38. The number of rotatable bonds is 7. The zero-order chi connectivity index (χ0) is 16.1. The number of hydrogen-bond acceptors (Lipinski definition) is 7. The summed E-state index contributed by atoms with van der Waals surface area (Å²) in [5.41, 5.74) is 7.08. The largest absolute Gasteiger partial charge is 0.482 e. The highest BCUT2D eigenvalue weighted by Crippen LogP contribution is 2.22. The Labute approximate surface area is 133 Å². The Hall–Kier alpha value is -3.08. The third kappa shape index (κ3) is 3.58. The van der Waals surface area contributed by atoms with E-state index in [1.807, 2.05) is 6.20 Å². The van der Waals surface area contributed by atoms with E-state index in [1.165, 1.54) is 0 Å². The fraction of sp³-hybridized carbons (Fsp3) is 0.333. The van der Waals surface area contributed by atoms with Gasteiger partial charge in [-0.15, -0.1) is 0 Å². The number of aromatic nitrogens is 5. The molecule has 3 aromatic heterocycles. The van der Waals surface area contributed by atoms with Crippen LogP contribution in [0.25, 0.3) is 5.65 Å². The number of fused-ring (bicyclic) bond motifs is 1. The first-order valence-electron chi connectivity index (χ1n) is 7.38. The summed E-state index contributed by atoms with van der Waals surface area (Å²) in [6.45, 7) is 3.21. The monoisotopic (exact) mass is 311 g/mol. The summed E-state index contributed by atoms with van der Waals surface area (Å²) >= 11 is 0. The van der Waals surface area contributed by atoms with Gasteiger partial charge in [-0.25, -0.2) is 15.0 Å². The molecule has 0 aromatic carbocycles. The van der Waals surface area contributed by atoms with Crippen LogP contribution in [0.4, 0.5) is 11.8 Å². The minimum atomic E-state index is 0.209. The van der Waals surface area contributed by atoms with Crippen LogP contribution in [0.1, 0.15) is 25.5 Å². The lowest BCUT2D eigenvalue weighted by atomic mass is 10.3. The molecule has 8 nitrogen and oxygen atoms in total. The van der Waals surface area contributed by atoms with E-state index in [0.29, 0.717) is 17.2 Å². The van der Waals surface area contributed by atoms with E-state index in [9.17, 15) is 0 Å². The lowest BCUT2D eigenvalue weighted by Crippen LogP contribution is -2.08. The maximum atomic E-state index is 5.78. The van der Waals surface area contributed by atoms with Gasteiger partial charge in [-0.05, 0) is 6.42 Å². The zero-order valence-corrected chi connectivity index (χ0v) is 12.8. The van der Waals surface area contributed by atoms with Gasteiger partial charge in [-0.3, -0.25) is 4.40 Å². The van der Waals surface area contributed by atoms with Gasteiger partial charge < -0.3 is 15.8 Å². The van der Waals surface area contributed by atoms with E-state index in [0.717, 1.165) is 25.1 Å². The van der Waals surface area contributed by atoms with Gasteiger partial charge >= 0.3 is 0 Å². The summed E-state index contributed by atoms with van der Waals surface area (Å²) in [5.74, 6) is 1.34. The van der Waals surface area contributed by atoms with E-state index in [1.54, 1.807) is 16.8 Å². The van der Waals surface area contributed by atoms with E-state index in [2.05, 4.69) is 44.6 Å². The Balaban J connectivity index is 1.71. The molecule has 0 spiro atoms. The van der Waals surface area contributed by atoms with Crippen LogP contribution in [0.5, 0.6) is 5.75 Å². The van der Waals surface area contributed by atoms with Crippen LogP contribution in [0, 0.1) is 12.4 Å². The van der Waals surface area contributed by atoms with E-state index in [4.69, 9.17) is 10.5 Å². The maximum absolute atomic E-state index is 5.78. The molecule has 3 heterocycles. The second kappa shape index (κ2) is 6.79. The first kappa shape index (κ1) is 14.8. The minimum Gasteiger partial charge on any atom is -0.482 e. The molecule has 8 heteroatoms. The normalized spacial score (nSPS) is 10.5. The molecule has 3 N–H and O–H groups in total. The molecule has 0 saturated heterocycles. The number of nitrogens with one attached hydrogen (secondary N) is 1. The average Bonchev–Trinajstić information content (AvgIpc) is 2.97. The average molecular weight is 311 g/mol. The number of nitrogens with zero attached hydrogens (tertiary/aromatic N) is 5. The van der Waals surface area contributed by atoms with Crippen molar-refractivity contribution >= 4 is 17.4 Å². The van der Waals surface area contributed by atoms with Crippen molar-refractivity contribution in [2.24, 2.45) is 0 Å². The number of imidazole rings is 1. The van der Waals surface area contributed by atoms with E-state index >= 15 is 0 Å². The van der Waals surface area contributed by atoms with Gasteiger partial charge in [0.2, 0.25) is 5.95 Å². The Morgan fingerprint density at radius 1 is 1.35 bits per heavy atom. The summed E-state index contributed by atoms with van der Waals surface area (Å²) < 4.78 is 7.49. The second-order valence-electron chi connectivity index (χ2n) is 4.95. The smallest absolute Gasteiger partial charge is 0.222 e. The van der Waals surface area contributed by atoms with Gasteiger partial charge in [0, 0.05) is 18.9 Å². The molecule has 3 rings (SSSR count). The highest BCUT2D eigenvalue weighted by Gasteiger charge is 2.09. The number of hydrogen-bond donors (Lipinski definition) is 2. The number of anilines is 2. The predicted molar refractivity (Wildman–Crippen MR) is 84.8 cm³/mol. The SMILES string of the molecule is CCCCNc1nc(N)ncc1OCc1cn2c#cncc2n1. The Bertz CT molecular complexity index is 753. The van der Waals surface area contributed by atoms with Crippen molar-refractivity contribution in [3.8, 4) is 5.75 Å². The molecule has 0 bridgehead atoms. The molecule has 0 saturated carbocycles. The lowest BCUT2D eigenvalue weighted by molar-refractivity contribution is 0.301. The number of ether oxygens (including phenoxy) is 1. The van der Waals surface area contributed by atoms with Crippen molar-refractivity contribution in [3.05, 3.63) is 36.7 Å². The molecule has 0 aliphatic heterocycles. The first-order chi connectivity index (χ1) is 11.3. The topological polar surface area (TPSA) is 103 Å². The third-order valence-corrected chi connectivity index (χ3v) is 3.17. The quantitative estimate of drug-likeness (QED) is 0.637. The van der Waals surface area contributed by atoms with Crippen LogP contribution in [-0.4, -0.2) is 30.9 Å². The van der Waals surface area contributed by atoms with Crippen molar-refractivity contribution in [2.75, 3.05) is 17.6 Å². The summed E-state index contributed by atoms with van der Waals surface area (Å²) in [4.78, 5) is 16.4. The van der Waals surface area contributed by atoms with Gasteiger partial charge in [0.25, 0.3) is 0 Å². The van der Waals surface area contributed by atoms with Gasteiger partial charge in [0.15, 0.2) is 17.2 Å². The van der Waals surface area contributed by atoms with Gasteiger partial charge in [-0.1, -0.05) is 13.3 Å². The molecule has 118 valence electrons. The highest BCUT2D eigenvalue weighted by atomic mass is 16.5. The molecule has 0 fully saturated rings. The maximum Gasteiger partial charge on any atom is 0.222 e. The summed E-state index contributed by atoms with van der Waals surface area (Å²) in [7, 11) is 0. The van der Waals surface area contributed by atoms with Crippen LogP contribution >= 0.6 is 0 Å². The summed E-state index contributed by atoms with van der Waals surface area (Å²) in [6.07, 6.45) is 12.6. The zero-order valence-electron chi connectivity index (χ0n) is 12.8. The van der Waals surface area contributed by atoms with Crippen LogP contribution < -0.4 is 15.8 Å². The third-order valence-electron chi connectivity index (χ3n) is 3.17. The fourth-order valence-electron chi connectivity index (χ4n) is 2.02.